The third kappa shape index (κ3) is 12.9. The Bertz CT molecular complexity index is 649. The summed E-state index contributed by atoms with van der Waals surface area (Å²) in [4.78, 5) is 2.35. The highest BCUT2D eigenvalue weighted by atomic mass is 31.2. The van der Waals surface area contributed by atoms with Gasteiger partial charge >= 0.3 is 0 Å². The zero-order valence-electron chi connectivity index (χ0n) is 28.0. The van der Waals surface area contributed by atoms with Crippen LogP contribution in [0.2, 0.25) is 0 Å². The SMILES string of the molecule is CCCCCCCC(C)(CCCCCC)COP(=O)(N1CCC(N(C)C)CC1)C(C)(CC)CCCCCCC. The fraction of sp³-hybridized carbons (Fsp3) is 1.00. The van der Waals surface area contributed by atoms with Crippen LogP contribution < -0.4 is 0 Å². The van der Waals surface area contributed by atoms with Gasteiger partial charge in [0, 0.05) is 19.1 Å². The molecule has 4 nitrogen and oxygen atoms in total. The summed E-state index contributed by atoms with van der Waals surface area (Å²) >= 11 is 0. The van der Waals surface area contributed by atoms with Gasteiger partial charge in [0.15, 0.2) is 0 Å². The van der Waals surface area contributed by atoms with Gasteiger partial charge in [0.2, 0.25) is 0 Å². The van der Waals surface area contributed by atoms with Gasteiger partial charge in [-0.1, -0.05) is 125 Å². The summed E-state index contributed by atoms with van der Waals surface area (Å²) in [5.41, 5.74) is 0.118. The van der Waals surface area contributed by atoms with Gasteiger partial charge in [0.05, 0.1) is 11.8 Å². The molecule has 3 atom stereocenters. The lowest BCUT2D eigenvalue weighted by molar-refractivity contribution is 0.107. The van der Waals surface area contributed by atoms with Gasteiger partial charge in [-0.2, -0.15) is 0 Å². The van der Waals surface area contributed by atoms with E-state index in [4.69, 9.17) is 4.52 Å². The molecule has 0 bridgehead atoms. The molecule has 1 aliphatic heterocycles. The summed E-state index contributed by atoms with van der Waals surface area (Å²) in [7, 11) is 1.37. The Morgan fingerprint density at radius 1 is 0.718 bits per heavy atom. The molecule has 1 fully saturated rings. The minimum atomic E-state index is -3.01. The Hall–Kier alpha value is 0.110. The van der Waals surface area contributed by atoms with Gasteiger partial charge in [-0.3, -0.25) is 4.57 Å². The van der Waals surface area contributed by atoms with E-state index in [0.717, 1.165) is 45.2 Å². The summed E-state index contributed by atoms with van der Waals surface area (Å²) in [6.45, 7) is 16.3. The Kier molecular flexibility index (Phi) is 19.1. The van der Waals surface area contributed by atoms with Crippen LogP contribution in [-0.4, -0.2) is 54.6 Å². The maximum absolute atomic E-state index is 15.3. The Morgan fingerprint density at radius 2 is 1.15 bits per heavy atom. The molecule has 0 radical (unpaired) electrons. The minimum Gasteiger partial charge on any atom is -0.316 e. The lowest BCUT2D eigenvalue weighted by Crippen LogP contribution is -2.45. The summed E-state index contributed by atoms with van der Waals surface area (Å²) in [5, 5.41) is -0.269. The van der Waals surface area contributed by atoms with E-state index in [1.807, 2.05) is 0 Å². The molecule has 3 unspecified atom stereocenters. The average Bonchev–Trinajstić information content (AvgIpc) is 2.94. The van der Waals surface area contributed by atoms with Crippen molar-refractivity contribution in [3.8, 4) is 0 Å². The van der Waals surface area contributed by atoms with Crippen LogP contribution in [0.3, 0.4) is 0 Å². The van der Waals surface area contributed by atoms with E-state index in [2.05, 4.69) is 65.2 Å². The Balaban J connectivity index is 3.10. The van der Waals surface area contributed by atoms with Crippen LogP contribution in [0, 0.1) is 5.41 Å². The van der Waals surface area contributed by atoms with Crippen molar-refractivity contribution in [3.63, 3.8) is 0 Å². The van der Waals surface area contributed by atoms with Gasteiger partial charge in [-0.15, -0.1) is 0 Å². The van der Waals surface area contributed by atoms with E-state index >= 15 is 4.57 Å². The summed E-state index contributed by atoms with van der Waals surface area (Å²) < 4.78 is 24.6. The second-order valence-corrected chi connectivity index (χ2v) is 16.7. The lowest BCUT2D eigenvalue weighted by Gasteiger charge is -2.47. The molecule has 0 aromatic rings. The van der Waals surface area contributed by atoms with Crippen molar-refractivity contribution in [1.82, 2.24) is 9.57 Å². The monoisotopic (exact) mass is 571 g/mol. The molecular formula is C34H71N2O2P. The lowest BCUT2D eigenvalue weighted by atomic mass is 9.80. The first-order chi connectivity index (χ1) is 18.6. The van der Waals surface area contributed by atoms with Crippen LogP contribution in [0.1, 0.15) is 170 Å². The molecule has 1 saturated heterocycles. The number of nitrogens with zero attached hydrogens (tertiary/aromatic N) is 2. The van der Waals surface area contributed by atoms with E-state index in [1.165, 1.54) is 96.3 Å². The molecule has 0 saturated carbocycles. The smallest absolute Gasteiger partial charge is 0.278 e. The highest BCUT2D eigenvalue weighted by Crippen LogP contribution is 2.66. The van der Waals surface area contributed by atoms with E-state index < -0.39 is 7.52 Å². The van der Waals surface area contributed by atoms with Crippen molar-refractivity contribution in [2.24, 2.45) is 5.41 Å². The van der Waals surface area contributed by atoms with Crippen molar-refractivity contribution in [3.05, 3.63) is 0 Å². The van der Waals surface area contributed by atoms with E-state index in [9.17, 15) is 0 Å². The number of unbranched alkanes of at least 4 members (excludes halogenated alkanes) is 11. The van der Waals surface area contributed by atoms with Gasteiger partial charge in [0.1, 0.15) is 0 Å². The van der Waals surface area contributed by atoms with E-state index in [-0.39, 0.29) is 10.6 Å². The summed E-state index contributed by atoms with van der Waals surface area (Å²) in [6, 6.07) is 0.587. The van der Waals surface area contributed by atoms with E-state index in [0.29, 0.717) is 12.6 Å². The first-order valence-electron chi connectivity index (χ1n) is 17.3. The number of hydrogen-bond acceptors (Lipinski definition) is 3. The normalized spacial score (nSPS) is 20.1. The molecular weight excluding hydrogens is 499 g/mol. The molecule has 0 N–H and O–H groups in total. The third-order valence-electron chi connectivity index (χ3n) is 9.91. The predicted molar refractivity (Wildman–Crippen MR) is 174 cm³/mol. The molecule has 1 rings (SSSR count). The second kappa shape index (κ2) is 20.1. The maximum atomic E-state index is 15.3. The first-order valence-corrected chi connectivity index (χ1v) is 18.9. The highest BCUT2D eigenvalue weighted by Gasteiger charge is 2.50. The van der Waals surface area contributed by atoms with Crippen LogP contribution in [0.25, 0.3) is 0 Å². The van der Waals surface area contributed by atoms with Gasteiger partial charge in [-0.05, 0) is 65.0 Å². The minimum absolute atomic E-state index is 0.118. The van der Waals surface area contributed by atoms with Crippen LogP contribution >= 0.6 is 7.52 Å². The zero-order valence-corrected chi connectivity index (χ0v) is 28.9. The van der Waals surface area contributed by atoms with Gasteiger partial charge < -0.3 is 9.42 Å². The quantitative estimate of drug-likeness (QED) is 0.0853. The molecule has 0 amide bonds. The van der Waals surface area contributed by atoms with Crippen molar-refractivity contribution < 1.29 is 9.09 Å². The molecule has 1 heterocycles. The highest BCUT2D eigenvalue weighted by molar-refractivity contribution is 7.58. The standard InChI is InChI=1S/C34H71N2O2P/c1-9-13-16-19-22-27-33(5,26-21-18-15-11-3)31-38-39(37,36-29-24-32(25-30-36)35(7)8)34(6,12-4)28-23-20-17-14-10-2/h32H,9-31H2,1-8H3. The number of hydrogen-bond donors (Lipinski definition) is 0. The van der Waals surface area contributed by atoms with Crippen molar-refractivity contribution in [2.75, 3.05) is 33.8 Å². The molecule has 0 aromatic heterocycles. The van der Waals surface area contributed by atoms with Crippen molar-refractivity contribution in [1.29, 1.82) is 0 Å². The van der Waals surface area contributed by atoms with Crippen LogP contribution in [-0.2, 0) is 9.09 Å². The molecule has 1 aliphatic rings. The fourth-order valence-corrected chi connectivity index (χ4v) is 9.73. The molecule has 5 heteroatoms. The molecule has 234 valence electrons. The Morgan fingerprint density at radius 3 is 1.59 bits per heavy atom. The third-order valence-corrected chi connectivity index (χ3v) is 13.4. The van der Waals surface area contributed by atoms with Gasteiger partial charge in [-0.25, -0.2) is 4.67 Å². The molecule has 0 aromatic carbocycles. The number of piperidine rings is 1. The molecule has 0 spiro atoms. The van der Waals surface area contributed by atoms with Crippen LogP contribution in [0.4, 0.5) is 0 Å². The van der Waals surface area contributed by atoms with Gasteiger partial charge in [0.25, 0.3) is 7.52 Å². The van der Waals surface area contributed by atoms with Crippen LogP contribution in [0.5, 0.6) is 0 Å². The second-order valence-electron chi connectivity index (χ2n) is 13.7. The summed E-state index contributed by atoms with van der Waals surface area (Å²) in [5.74, 6) is 0. The molecule has 39 heavy (non-hydrogen) atoms. The largest absolute Gasteiger partial charge is 0.316 e. The van der Waals surface area contributed by atoms with Crippen molar-refractivity contribution in [2.45, 2.75) is 181 Å². The van der Waals surface area contributed by atoms with Crippen LogP contribution in [0.15, 0.2) is 0 Å². The number of rotatable bonds is 24. The fourth-order valence-electron chi connectivity index (χ4n) is 6.48. The van der Waals surface area contributed by atoms with Crippen molar-refractivity contribution >= 4 is 7.52 Å². The maximum Gasteiger partial charge on any atom is 0.278 e. The average molecular weight is 571 g/mol. The zero-order chi connectivity index (χ0) is 29.2. The molecule has 0 aliphatic carbocycles. The first kappa shape index (κ1) is 37.1. The predicted octanol–water partition coefficient (Wildman–Crippen LogP) is 11.1. The topological polar surface area (TPSA) is 32.8 Å². The van der Waals surface area contributed by atoms with E-state index in [1.54, 1.807) is 0 Å². The Labute approximate surface area is 246 Å². The summed E-state index contributed by atoms with van der Waals surface area (Å²) in [6.07, 6.45) is 24.5.